The van der Waals surface area contributed by atoms with Crippen LogP contribution >= 0.6 is 11.8 Å². The third kappa shape index (κ3) is 2.56. The number of thioether (sulfide) groups is 1. The molecule has 1 N–H and O–H groups in total. The van der Waals surface area contributed by atoms with Gasteiger partial charge in [-0.1, -0.05) is 24.3 Å². The molecule has 2 nitrogen and oxygen atoms in total. The van der Waals surface area contributed by atoms with E-state index in [0.29, 0.717) is 6.42 Å². The Morgan fingerprint density at radius 2 is 2.10 bits per heavy atom. The van der Waals surface area contributed by atoms with Crippen LogP contribution in [-0.2, 0) is 11.2 Å². The van der Waals surface area contributed by atoms with Gasteiger partial charge >= 0.3 is 0 Å². The third-order valence-corrected chi connectivity index (χ3v) is 4.64. The van der Waals surface area contributed by atoms with E-state index in [1.807, 2.05) is 31.2 Å². The maximum Gasteiger partial charge on any atom is 0.238 e. The van der Waals surface area contributed by atoms with Crippen LogP contribution in [0.1, 0.15) is 11.1 Å². The first-order chi connectivity index (χ1) is 9.63. The number of rotatable bonds is 2. The summed E-state index contributed by atoms with van der Waals surface area (Å²) in [5.74, 6) is -0.542. The molecular weight excluding hydrogens is 273 g/mol. The largest absolute Gasteiger partial charge is 0.323 e. The summed E-state index contributed by atoms with van der Waals surface area (Å²) in [6.07, 6.45) is 0.695. The van der Waals surface area contributed by atoms with E-state index in [2.05, 4.69) is 5.32 Å². The van der Waals surface area contributed by atoms with Crippen LogP contribution in [0.2, 0.25) is 0 Å². The number of aryl methyl sites for hydroxylation is 1. The van der Waals surface area contributed by atoms with Gasteiger partial charge in [-0.15, -0.1) is 11.8 Å². The number of hydrogen-bond acceptors (Lipinski definition) is 2. The van der Waals surface area contributed by atoms with Gasteiger partial charge in [0, 0.05) is 4.90 Å². The molecule has 0 radical (unpaired) electrons. The van der Waals surface area contributed by atoms with Gasteiger partial charge in [0.2, 0.25) is 5.91 Å². The van der Waals surface area contributed by atoms with Gasteiger partial charge in [0.25, 0.3) is 0 Å². The van der Waals surface area contributed by atoms with E-state index >= 15 is 0 Å². The van der Waals surface area contributed by atoms with Crippen LogP contribution in [0, 0.1) is 12.7 Å². The minimum absolute atomic E-state index is 0.143. The SMILES string of the molecule is Cc1ccc(F)c(NC(=O)C2Cc3ccccc3S2)c1. The van der Waals surface area contributed by atoms with Crippen LogP contribution in [0.15, 0.2) is 47.4 Å². The normalized spacial score (nSPS) is 16.8. The van der Waals surface area contributed by atoms with Gasteiger partial charge in [0.05, 0.1) is 10.9 Å². The molecule has 0 spiro atoms. The minimum atomic E-state index is -0.399. The standard InChI is InChI=1S/C16H14FNOS/c1-10-6-7-12(17)13(8-10)18-16(19)15-9-11-4-2-3-5-14(11)20-15/h2-8,15H,9H2,1H3,(H,18,19). The van der Waals surface area contributed by atoms with Crippen molar-refractivity contribution in [2.24, 2.45) is 0 Å². The molecule has 102 valence electrons. The zero-order valence-corrected chi connectivity index (χ0v) is 11.8. The molecule has 0 fully saturated rings. The Hall–Kier alpha value is -1.81. The number of carbonyl (C=O) groups is 1. The fraction of sp³-hybridized carbons (Fsp3) is 0.188. The van der Waals surface area contributed by atoms with E-state index in [0.717, 1.165) is 10.5 Å². The predicted molar refractivity (Wildman–Crippen MR) is 79.6 cm³/mol. The molecule has 3 rings (SSSR count). The lowest BCUT2D eigenvalue weighted by Crippen LogP contribution is -2.25. The number of carbonyl (C=O) groups excluding carboxylic acids is 1. The van der Waals surface area contributed by atoms with E-state index in [-0.39, 0.29) is 16.8 Å². The average molecular weight is 287 g/mol. The second kappa shape index (κ2) is 5.29. The van der Waals surface area contributed by atoms with Gasteiger partial charge in [-0.25, -0.2) is 4.39 Å². The second-order valence-corrected chi connectivity index (χ2v) is 6.14. The lowest BCUT2D eigenvalue weighted by molar-refractivity contribution is -0.115. The molecule has 1 unspecified atom stereocenters. The first kappa shape index (κ1) is 13.2. The zero-order valence-electron chi connectivity index (χ0n) is 11.0. The van der Waals surface area contributed by atoms with Crippen LogP contribution in [0.4, 0.5) is 10.1 Å². The predicted octanol–water partition coefficient (Wildman–Crippen LogP) is 3.79. The van der Waals surface area contributed by atoms with Crippen molar-refractivity contribution in [1.29, 1.82) is 0 Å². The number of halogens is 1. The molecule has 0 saturated carbocycles. The van der Waals surface area contributed by atoms with Crippen molar-refractivity contribution in [2.45, 2.75) is 23.5 Å². The number of hydrogen-bond donors (Lipinski definition) is 1. The number of benzene rings is 2. The second-order valence-electron chi connectivity index (χ2n) is 4.89. The maximum atomic E-state index is 13.7. The molecule has 1 heterocycles. The quantitative estimate of drug-likeness (QED) is 0.910. The highest BCUT2D eigenvalue weighted by Crippen LogP contribution is 2.37. The van der Waals surface area contributed by atoms with E-state index in [1.165, 1.54) is 23.4 Å². The Labute approximate surface area is 121 Å². The monoisotopic (exact) mass is 287 g/mol. The van der Waals surface area contributed by atoms with Gasteiger partial charge in [0.1, 0.15) is 5.82 Å². The first-order valence-electron chi connectivity index (χ1n) is 6.45. The van der Waals surface area contributed by atoms with Crippen LogP contribution < -0.4 is 5.32 Å². The fourth-order valence-corrected chi connectivity index (χ4v) is 3.47. The van der Waals surface area contributed by atoms with Crippen molar-refractivity contribution in [3.05, 3.63) is 59.4 Å². The number of nitrogens with one attached hydrogen (secondary N) is 1. The highest BCUT2D eigenvalue weighted by Gasteiger charge is 2.28. The van der Waals surface area contributed by atoms with Gasteiger partial charge < -0.3 is 5.32 Å². The van der Waals surface area contributed by atoms with Crippen LogP contribution in [0.3, 0.4) is 0 Å². The van der Waals surface area contributed by atoms with E-state index in [4.69, 9.17) is 0 Å². The lowest BCUT2D eigenvalue weighted by Gasteiger charge is -2.11. The Morgan fingerprint density at radius 3 is 2.90 bits per heavy atom. The fourth-order valence-electron chi connectivity index (χ4n) is 2.28. The molecule has 20 heavy (non-hydrogen) atoms. The summed E-state index contributed by atoms with van der Waals surface area (Å²) in [6.45, 7) is 1.87. The summed E-state index contributed by atoms with van der Waals surface area (Å²) in [6, 6.07) is 12.7. The van der Waals surface area contributed by atoms with Crippen molar-refractivity contribution >= 4 is 23.4 Å². The van der Waals surface area contributed by atoms with Crippen molar-refractivity contribution in [1.82, 2.24) is 0 Å². The number of amides is 1. The molecule has 2 aromatic rings. The Kier molecular flexibility index (Phi) is 3.49. The Balaban J connectivity index is 1.74. The summed E-state index contributed by atoms with van der Waals surface area (Å²) in [4.78, 5) is 13.4. The smallest absolute Gasteiger partial charge is 0.238 e. The summed E-state index contributed by atoms with van der Waals surface area (Å²) >= 11 is 1.54. The Morgan fingerprint density at radius 1 is 1.30 bits per heavy atom. The van der Waals surface area contributed by atoms with Crippen LogP contribution in [0.25, 0.3) is 0 Å². The average Bonchev–Trinajstić information content (AvgIpc) is 2.87. The molecule has 1 aliphatic rings. The summed E-state index contributed by atoms with van der Waals surface area (Å²) in [7, 11) is 0. The zero-order chi connectivity index (χ0) is 14.1. The minimum Gasteiger partial charge on any atom is -0.323 e. The maximum absolute atomic E-state index is 13.7. The topological polar surface area (TPSA) is 29.1 Å². The van der Waals surface area contributed by atoms with Crippen molar-refractivity contribution in [2.75, 3.05) is 5.32 Å². The summed E-state index contributed by atoms with van der Waals surface area (Å²) in [5.41, 5.74) is 2.36. The molecule has 1 atom stereocenters. The van der Waals surface area contributed by atoms with Crippen molar-refractivity contribution < 1.29 is 9.18 Å². The van der Waals surface area contributed by atoms with E-state index in [9.17, 15) is 9.18 Å². The first-order valence-corrected chi connectivity index (χ1v) is 7.33. The van der Waals surface area contributed by atoms with Gasteiger partial charge in [-0.2, -0.15) is 0 Å². The molecule has 2 aromatic carbocycles. The molecule has 4 heteroatoms. The van der Waals surface area contributed by atoms with Crippen molar-refractivity contribution in [3.8, 4) is 0 Å². The van der Waals surface area contributed by atoms with Crippen LogP contribution in [-0.4, -0.2) is 11.2 Å². The highest BCUT2D eigenvalue weighted by molar-refractivity contribution is 8.01. The van der Waals surface area contributed by atoms with Gasteiger partial charge in [-0.05, 0) is 42.7 Å². The van der Waals surface area contributed by atoms with Crippen LogP contribution in [0.5, 0.6) is 0 Å². The molecule has 1 amide bonds. The van der Waals surface area contributed by atoms with E-state index in [1.54, 1.807) is 12.1 Å². The molecule has 0 saturated heterocycles. The molecule has 0 aliphatic carbocycles. The number of fused-ring (bicyclic) bond motifs is 1. The highest BCUT2D eigenvalue weighted by atomic mass is 32.2. The van der Waals surface area contributed by atoms with E-state index < -0.39 is 5.82 Å². The van der Waals surface area contributed by atoms with Gasteiger partial charge in [-0.3, -0.25) is 4.79 Å². The third-order valence-electron chi connectivity index (χ3n) is 3.32. The summed E-state index contributed by atoms with van der Waals surface area (Å²) in [5, 5.41) is 2.51. The molecular formula is C16H14FNOS. The molecule has 0 aromatic heterocycles. The summed E-state index contributed by atoms with van der Waals surface area (Å²) < 4.78 is 13.7. The Bertz CT molecular complexity index is 646. The molecule has 0 bridgehead atoms. The number of anilines is 1. The lowest BCUT2D eigenvalue weighted by atomic mass is 10.1. The van der Waals surface area contributed by atoms with Crippen molar-refractivity contribution in [3.63, 3.8) is 0 Å². The van der Waals surface area contributed by atoms with Gasteiger partial charge in [0.15, 0.2) is 0 Å². The molecule has 1 aliphatic heterocycles.